The van der Waals surface area contributed by atoms with Crippen LogP contribution in [0.4, 0.5) is 5.69 Å². The van der Waals surface area contributed by atoms with Crippen molar-refractivity contribution in [2.45, 2.75) is 26.8 Å². The number of thiocarbonyl (C=S) groups is 1. The molecule has 158 valence electrons. The largest absolute Gasteiger partial charge is 0.465 e. The van der Waals surface area contributed by atoms with Crippen molar-refractivity contribution in [1.82, 2.24) is 0 Å². The maximum atomic E-state index is 12.7. The molecule has 0 saturated carbocycles. The molecule has 0 bridgehead atoms. The van der Waals surface area contributed by atoms with Crippen molar-refractivity contribution in [3.63, 3.8) is 0 Å². The minimum absolute atomic E-state index is 0.0811. The summed E-state index contributed by atoms with van der Waals surface area (Å²) in [5.41, 5.74) is 2.07. The first-order chi connectivity index (χ1) is 14.5. The second kappa shape index (κ2) is 9.85. The van der Waals surface area contributed by atoms with Crippen LogP contribution in [0.1, 0.15) is 32.4 Å². The molecule has 5 nitrogen and oxygen atoms in total. The predicted octanol–water partition coefficient (Wildman–Crippen LogP) is 4.57. The Kier molecular flexibility index (Phi) is 7.21. The van der Waals surface area contributed by atoms with E-state index in [0.29, 0.717) is 4.99 Å². The van der Waals surface area contributed by atoms with Gasteiger partial charge in [0.25, 0.3) is 0 Å². The molecule has 0 N–H and O–H groups in total. The SMILES string of the molecule is CCOC(=O)C(C(=O)OCC)C(C)[C@H]1C(=S)N(c2ccccc2)[C@@H]1c1ccccc1. The highest BCUT2D eigenvalue weighted by molar-refractivity contribution is 7.80. The maximum absolute atomic E-state index is 12.7. The van der Waals surface area contributed by atoms with Crippen molar-refractivity contribution in [2.24, 2.45) is 17.8 Å². The summed E-state index contributed by atoms with van der Waals surface area (Å²) in [4.78, 5) is 28.1. The van der Waals surface area contributed by atoms with Crippen molar-refractivity contribution in [2.75, 3.05) is 18.1 Å². The lowest BCUT2D eigenvalue weighted by Crippen LogP contribution is -2.58. The molecule has 1 unspecified atom stereocenters. The number of hydrogen-bond acceptors (Lipinski definition) is 5. The summed E-state index contributed by atoms with van der Waals surface area (Å²) in [5.74, 6) is -2.69. The van der Waals surface area contributed by atoms with Gasteiger partial charge in [0.1, 0.15) is 0 Å². The maximum Gasteiger partial charge on any atom is 0.320 e. The van der Waals surface area contributed by atoms with E-state index in [1.54, 1.807) is 13.8 Å². The summed E-state index contributed by atoms with van der Waals surface area (Å²) < 4.78 is 10.4. The lowest BCUT2D eigenvalue weighted by molar-refractivity contribution is -0.165. The third kappa shape index (κ3) is 4.24. The fourth-order valence-electron chi connectivity index (χ4n) is 4.10. The number of benzene rings is 2. The van der Waals surface area contributed by atoms with Crippen LogP contribution in [0.15, 0.2) is 60.7 Å². The van der Waals surface area contributed by atoms with E-state index in [4.69, 9.17) is 21.7 Å². The Balaban J connectivity index is 1.98. The Bertz CT molecular complexity index is 869. The minimum Gasteiger partial charge on any atom is -0.465 e. The second-order valence-electron chi connectivity index (χ2n) is 7.27. The van der Waals surface area contributed by atoms with Gasteiger partial charge in [0, 0.05) is 11.6 Å². The molecule has 1 saturated heterocycles. The number of carbonyl (C=O) groups is 2. The van der Waals surface area contributed by atoms with Crippen molar-refractivity contribution in [3.8, 4) is 0 Å². The number of anilines is 1. The molecule has 1 aliphatic heterocycles. The van der Waals surface area contributed by atoms with Crippen LogP contribution >= 0.6 is 12.2 Å². The van der Waals surface area contributed by atoms with Crippen LogP contribution in [0.2, 0.25) is 0 Å². The summed E-state index contributed by atoms with van der Waals surface area (Å²) >= 11 is 5.81. The van der Waals surface area contributed by atoms with Crippen LogP contribution in [0, 0.1) is 17.8 Å². The number of rotatable bonds is 8. The zero-order valence-corrected chi connectivity index (χ0v) is 18.3. The average Bonchev–Trinajstić information content (AvgIpc) is 2.74. The molecule has 0 aromatic heterocycles. The van der Waals surface area contributed by atoms with E-state index in [2.05, 4.69) is 4.90 Å². The Labute approximate surface area is 183 Å². The monoisotopic (exact) mass is 425 g/mol. The van der Waals surface area contributed by atoms with Crippen molar-refractivity contribution in [3.05, 3.63) is 66.2 Å². The highest BCUT2D eigenvalue weighted by Gasteiger charge is 2.53. The van der Waals surface area contributed by atoms with Gasteiger partial charge in [-0.2, -0.15) is 0 Å². The zero-order valence-electron chi connectivity index (χ0n) is 17.5. The van der Waals surface area contributed by atoms with E-state index in [0.717, 1.165) is 11.3 Å². The molecule has 2 aromatic carbocycles. The van der Waals surface area contributed by atoms with Crippen molar-refractivity contribution in [1.29, 1.82) is 0 Å². The Hall–Kier alpha value is -2.73. The van der Waals surface area contributed by atoms with Gasteiger partial charge in [0.2, 0.25) is 0 Å². The van der Waals surface area contributed by atoms with E-state index in [1.165, 1.54) is 0 Å². The first kappa shape index (κ1) is 22.0. The Morgan fingerprint density at radius 1 is 0.933 bits per heavy atom. The molecular formula is C24H27NO4S. The second-order valence-corrected chi connectivity index (χ2v) is 7.68. The standard InChI is InChI=1S/C24H27NO4S/c1-4-28-23(26)20(24(27)29-5-2)16(3)19-21(17-12-8-6-9-13-17)25(22(19)30)18-14-10-7-11-15-18/h6-16,19-21H,4-5H2,1-3H3/t16?,19-,21-/m1/s1. The van der Waals surface area contributed by atoms with Crippen molar-refractivity contribution >= 4 is 34.8 Å². The summed E-state index contributed by atoms with van der Waals surface area (Å²) in [6.07, 6.45) is 0. The van der Waals surface area contributed by atoms with E-state index >= 15 is 0 Å². The van der Waals surface area contributed by atoms with Gasteiger partial charge in [-0.25, -0.2) is 0 Å². The predicted molar refractivity (Wildman–Crippen MR) is 120 cm³/mol. The molecule has 2 aromatic rings. The van der Waals surface area contributed by atoms with Gasteiger partial charge in [0.05, 0.1) is 24.2 Å². The van der Waals surface area contributed by atoms with Crippen LogP contribution in [0.3, 0.4) is 0 Å². The highest BCUT2D eigenvalue weighted by atomic mass is 32.1. The molecule has 6 heteroatoms. The minimum atomic E-state index is -1.02. The lowest BCUT2D eigenvalue weighted by atomic mass is 9.70. The molecular weight excluding hydrogens is 398 g/mol. The number of hydrogen-bond donors (Lipinski definition) is 0. The van der Waals surface area contributed by atoms with E-state index in [1.807, 2.05) is 67.6 Å². The third-order valence-electron chi connectivity index (χ3n) is 5.49. The molecule has 3 rings (SSSR count). The number of esters is 2. The van der Waals surface area contributed by atoms with E-state index in [9.17, 15) is 9.59 Å². The van der Waals surface area contributed by atoms with E-state index < -0.39 is 17.9 Å². The number of nitrogens with zero attached hydrogens (tertiary/aromatic N) is 1. The number of para-hydroxylation sites is 1. The number of ether oxygens (including phenoxy) is 2. The van der Waals surface area contributed by atoms with Crippen LogP contribution in [0.5, 0.6) is 0 Å². The fraction of sp³-hybridized carbons (Fsp3) is 0.375. The topological polar surface area (TPSA) is 55.8 Å². The van der Waals surface area contributed by atoms with Gasteiger partial charge < -0.3 is 14.4 Å². The van der Waals surface area contributed by atoms with Gasteiger partial charge in [-0.05, 0) is 37.5 Å². The molecule has 0 amide bonds. The van der Waals surface area contributed by atoms with Gasteiger partial charge in [-0.3, -0.25) is 9.59 Å². The quantitative estimate of drug-likeness (QED) is 0.351. The molecule has 3 atom stereocenters. The molecule has 1 fully saturated rings. The summed E-state index contributed by atoms with van der Waals surface area (Å²) in [6, 6.07) is 19.9. The fourth-order valence-corrected chi connectivity index (χ4v) is 4.67. The van der Waals surface area contributed by atoms with Gasteiger partial charge in [-0.15, -0.1) is 0 Å². The van der Waals surface area contributed by atoms with E-state index in [-0.39, 0.29) is 31.1 Å². The smallest absolute Gasteiger partial charge is 0.320 e. The van der Waals surface area contributed by atoms with Crippen LogP contribution in [-0.4, -0.2) is 30.1 Å². The summed E-state index contributed by atoms with van der Waals surface area (Å²) in [7, 11) is 0. The Morgan fingerprint density at radius 2 is 1.43 bits per heavy atom. The Morgan fingerprint density at radius 3 is 1.93 bits per heavy atom. The molecule has 1 aliphatic rings. The zero-order chi connectivity index (χ0) is 21.7. The molecule has 0 radical (unpaired) electrons. The molecule has 0 aliphatic carbocycles. The molecule has 0 spiro atoms. The summed E-state index contributed by atoms with van der Waals surface area (Å²) in [6.45, 7) is 5.74. The van der Waals surface area contributed by atoms with Crippen LogP contribution < -0.4 is 4.90 Å². The normalized spacial score (nSPS) is 19.2. The first-order valence-corrected chi connectivity index (χ1v) is 10.7. The third-order valence-corrected chi connectivity index (χ3v) is 5.96. The lowest BCUT2D eigenvalue weighted by Gasteiger charge is -2.53. The number of carbonyl (C=O) groups excluding carboxylic acids is 2. The van der Waals surface area contributed by atoms with Gasteiger partial charge >= 0.3 is 11.9 Å². The van der Waals surface area contributed by atoms with Crippen LogP contribution in [0.25, 0.3) is 0 Å². The average molecular weight is 426 g/mol. The van der Waals surface area contributed by atoms with Gasteiger partial charge in [0.15, 0.2) is 5.92 Å². The van der Waals surface area contributed by atoms with Gasteiger partial charge in [-0.1, -0.05) is 67.7 Å². The molecule has 1 heterocycles. The highest BCUT2D eigenvalue weighted by Crippen LogP contribution is 2.49. The first-order valence-electron chi connectivity index (χ1n) is 10.3. The molecule has 30 heavy (non-hydrogen) atoms. The van der Waals surface area contributed by atoms with Crippen molar-refractivity contribution < 1.29 is 19.1 Å². The van der Waals surface area contributed by atoms with Crippen LogP contribution in [-0.2, 0) is 19.1 Å². The summed E-state index contributed by atoms with van der Waals surface area (Å²) in [5, 5.41) is 0.